The van der Waals surface area contributed by atoms with E-state index >= 15 is 0 Å². The van der Waals surface area contributed by atoms with Crippen molar-refractivity contribution in [1.29, 1.82) is 0 Å². The van der Waals surface area contributed by atoms with Crippen molar-refractivity contribution in [2.24, 2.45) is 0 Å². The van der Waals surface area contributed by atoms with Crippen molar-refractivity contribution in [3.63, 3.8) is 0 Å². The van der Waals surface area contributed by atoms with E-state index in [1.165, 1.54) is 19.3 Å². The first-order valence-corrected chi connectivity index (χ1v) is 5.56. The maximum atomic E-state index is 10.6. The van der Waals surface area contributed by atoms with Gasteiger partial charge in [0, 0.05) is 0 Å². The van der Waals surface area contributed by atoms with Gasteiger partial charge >= 0.3 is 24.3 Å². The summed E-state index contributed by atoms with van der Waals surface area (Å²) in [6.45, 7) is 0. The molecule has 1 rings (SSSR count). The van der Waals surface area contributed by atoms with Gasteiger partial charge in [-0.1, -0.05) is 19.3 Å². The molecule has 0 spiro atoms. The monoisotopic (exact) mass is 328 g/mol. The van der Waals surface area contributed by atoms with Gasteiger partial charge in [0.2, 0.25) is 0 Å². The van der Waals surface area contributed by atoms with Crippen LogP contribution in [0.1, 0.15) is 32.1 Å². The van der Waals surface area contributed by atoms with Crippen molar-refractivity contribution in [3.05, 3.63) is 0 Å². The van der Waals surface area contributed by atoms with Crippen molar-refractivity contribution in [2.75, 3.05) is 0 Å². The van der Waals surface area contributed by atoms with E-state index in [0.29, 0.717) is 0 Å². The van der Waals surface area contributed by atoms with Crippen LogP contribution in [0.25, 0.3) is 0 Å². The largest absolute Gasteiger partial charge is 0.490 e. The second-order valence-corrected chi connectivity index (χ2v) is 3.90. The standard InChI is InChI=1S/C6H12O.2C2HF3O2/c7-6-4-2-1-3-5-6;2*3-2(4,5)1(6)7/h6-7H,1-5H2;2*(H,6,7). The highest BCUT2D eigenvalue weighted by Crippen LogP contribution is 2.16. The lowest BCUT2D eigenvalue weighted by Gasteiger charge is -2.14. The third kappa shape index (κ3) is 14.7. The number of carbonyl (C=O) groups is 2. The predicted octanol–water partition coefficient (Wildman–Crippen LogP) is 2.58. The molecule has 0 aromatic rings. The lowest BCUT2D eigenvalue weighted by Crippen LogP contribution is -2.21. The van der Waals surface area contributed by atoms with Gasteiger partial charge in [0.15, 0.2) is 0 Å². The van der Waals surface area contributed by atoms with E-state index in [9.17, 15) is 26.3 Å². The molecule has 0 bridgehead atoms. The van der Waals surface area contributed by atoms with Crippen LogP contribution >= 0.6 is 0 Å². The van der Waals surface area contributed by atoms with Gasteiger partial charge in [-0.2, -0.15) is 26.3 Å². The lowest BCUT2D eigenvalue weighted by atomic mass is 9.98. The zero-order valence-corrected chi connectivity index (χ0v) is 10.5. The number of carboxylic acid groups (broad SMARTS) is 2. The zero-order chi connectivity index (χ0) is 17.3. The summed E-state index contributed by atoms with van der Waals surface area (Å²) in [5, 5.41) is 23.2. The normalized spacial score (nSPS) is 16.0. The smallest absolute Gasteiger partial charge is 0.475 e. The number of hydrogen-bond acceptors (Lipinski definition) is 3. The number of aliphatic carboxylic acids is 2. The fourth-order valence-electron chi connectivity index (χ4n) is 1.08. The molecule has 1 saturated carbocycles. The molecule has 0 aromatic heterocycles. The van der Waals surface area contributed by atoms with E-state index in [1.807, 2.05) is 0 Å². The Bertz CT molecular complexity index is 295. The molecule has 0 aliphatic heterocycles. The Balaban J connectivity index is 0. The molecule has 1 aliphatic rings. The number of aliphatic hydroxyl groups excluding tert-OH is 1. The number of aliphatic hydroxyl groups is 1. The van der Waals surface area contributed by atoms with Crippen molar-refractivity contribution in [1.82, 2.24) is 0 Å². The lowest BCUT2D eigenvalue weighted by molar-refractivity contribution is -0.193. The van der Waals surface area contributed by atoms with Crippen molar-refractivity contribution in [3.8, 4) is 0 Å². The van der Waals surface area contributed by atoms with Crippen LogP contribution in [0.4, 0.5) is 26.3 Å². The van der Waals surface area contributed by atoms with Crippen LogP contribution in [0.5, 0.6) is 0 Å². The van der Waals surface area contributed by atoms with Crippen LogP contribution in [0.2, 0.25) is 0 Å². The van der Waals surface area contributed by atoms with Gasteiger partial charge in [-0.25, -0.2) is 9.59 Å². The van der Waals surface area contributed by atoms with E-state index in [2.05, 4.69) is 0 Å². The van der Waals surface area contributed by atoms with Crippen LogP contribution in [0.3, 0.4) is 0 Å². The highest BCUT2D eigenvalue weighted by Gasteiger charge is 2.38. The molecule has 11 heteroatoms. The minimum absolute atomic E-state index is 0.0359. The van der Waals surface area contributed by atoms with E-state index < -0.39 is 24.3 Å². The summed E-state index contributed by atoms with van der Waals surface area (Å²) in [6.07, 6.45) is -4.24. The molecule has 126 valence electrons. The number of carboxylic acids is 2. The van der Waals surface area contributed by atoms with Gasteiger partial charge in [-0.15, -0.1) is 0 Å². The highest BCUT2D eigenvalue weighted by atomic mass is 19.4. The summed E-state index contributed by atoms with van der Waals surface area (Å²) in [5.41, 5.74) is 0. The summed E-state index contributed by atoms with van der Waals surface area (Å²) in [7, 11) is 0. The van der Waals surface area contributed by atoms with Gasteiger partial charge in [-0.05, 0) is 12.8 Å². The summed E-state index contributed by atoms with van der Waals surface area (Å²) in [5.74, 6) is -5.51. The molecule has 5 nitrogen and oxygen atoms in total. The topological polar surface area (TPSA) is 94.8 Å². The Morgan fingerprint density at radius 2 is 1.00 bits per heavy atom. The first-order valence-electron chi connectivity index (χ1n) is 5.56. The van der Waals surface area contributed by atoms with E-state index in [4.69, 9.17) is 24.9 Å². The van der Waals surface area contributed by atoms with Crippen molar-refractivity contribution < 1.29 is 51.3 Å². The fourth-order valence-corrected chi connectivity index (χ4v) is 1.08. The van der Waals surface area contributed by atoms with Gasteiger partial charge in [-0.3, -0.25) is 0 Å². The van der Waals surface area contributed by atoms with Crippen LogP contribution in [0.15, 0.2) is 0 Å². The third-order valence-electron chi connectivity index (χ3n) is 2.06. The molecule has 0 saturated heterocycles. The first kappa shape index (κ1) is 21.8. The van der Waals surface area contributed by atoms with Gasteiger partial charge < -0.3 is 15.3 Å². The molecule has 3 N–H and O–H groups in total. The summed E-state index contributed by atoms with van der Waals surface area (Å²) in [6, 6.07) is 0. The average molecular weight is 328 g/mol. The number of hydrogen-bond donors (Lipinski definition) is 3. The molecule has 1 fully saturated rings. The molecule has 0 unspecified atom stereocenters. The number of halogens is 6. The second kappa shape index (κ2) is 9.42. The maximum absolute atomic E-state index is 10.6. The Morgan fingerprint density at radius 1 is 0.762 bits per heavy atom. The van der Waals surface area contributed by atoms with E-state index in [-0.39, 0.29) is 6.10 Å². The molecule has 0 atom stereocenters. The molecule has 0 aromatic carbocycles. The maximum Gasteiger partial charge on any atom is 0.490 e. The van der Waals surface area contributed by atoms with Crippen LogP contribution < -0.4 is 0 Å². The van der Waals surface area contributed by atoms with Gasteiger partial charge in [0.1, 0.15) is 0 Å². The first-order chi connectivity index (χ1) is 9.28. The quantitative estimate of drug-likeness (QED) is 0.594. The number of alkyl halides is 6. The Kier molecular flexibility index (Phi) is 9.77. The molecular weight excluding hydrogens is 314 g/mol. The zero-order valence-electron chi connectivity index (χ0n) is 10.5. The molecule has 1 aliphatic carbocycles. The fraction of sp³-hybridized carbons (Fsp3) is 0.800. The molecule has 0 amide bonds. The Labute approximate surface area is 115 Å². The molecule has 0 heterocycles. The van der Waals surface area contributed by atoms with Crippen molar-refractivity contribution >= 4 is 11.9 Å². The van der Waals surface area contributed by atoms with Gasteiger partial charge in [0.25, 0.3) is 0 Å². The van der Waals surface area contributed by atoms with Crippen molar-refractivity contribution in [2.45, 2.75) is 50.6 Å². The van der Waals surface area contributed by atoms with E-state index in [0.717, 1.165) is 12.8 Å². The van der Waals surface area contributed by atoms with E-state index in [1.54, 1.807) is 0 Å². The summed E-state index contributed by atoms with van der Waals surface area (Å²) >= 11 is 0. The average Bonchev–Trinajstić information content (AvgIpc) is 2.28. The molecule has 21 heavy (non-hydrogen) atoms. The van der Waals surface area contributed by atoms with Gasteiger partial charge in [0.05, 0.1) is 6.10 Å². The number of rotatable bonds is 0. The summed E-state index contributed by atoms with van der Waals surface area (Å²) in [4.78, 5) is 17.8. The Morgan fingerprint density at radius 3 is 1.10 bits per heavy atom. The molecular formula is C10H14F6O5. The Hall–Kier alpha value is -1.52. The van der Waals surface area contributed by atoms with Crippen LogP contribution in [-0.4, -0.2) is 45.7 Å². The minimum atomic E-state index is -5.08. The summed E-state index contributed by atoms with van der Waals surface area (Å²) < 4.78 is 63.5. The van der Waals surface area contributed by atoms with Crippen LogP contribution in [0, 0.1) is 0 Å². The molecule has 0 radical (unpaired) electrons. The highest BCUT2D eigenvalue weighted by molar-refractivity contribution is 5.73. The predicted molar refractivity (Wildman–Crippen MR) is 56.5 cm³/mol. The second-order valence-electron chi connectivity index (χ2n) is 3.90. The minimum Gasteiger partial charge on any atom is -0.475 e. The SMILES string of the molecule is O=C(O)C(F)(F)F.O=C(O)C(F)(F)F.OC1CCCCC1. The van der Waals surface area contributed by atoms with Crippen LogP contribution in [-0.2, 0) is 9.59 Å². The third-order valence-corrected chi connectivity index (χ3v) is 2.06.